The molecule has 0 N–H and O–H groups in total. The first kappa shape index (κ1) is 16.9. The molecule has 4 nitrogen and oxygen atoms in total. The van der Waals surface area contributed by atoms with Crippen LogP contribution < -0.4 is 0 Å². The second-order valence-electron chi connectivity index (χ2n) is 5.19. The fraction of sp³-hybridized carbons (Fsp3) is 0.412. The molecule has 0 saturated heterocycles. The molecule has 0 radical (unpaired) electrons. The summed E-state index contributed by atoms with van der Waals surface area (Å²) in [6, 6.07) is 9.87. The van der Waals surface area contributed by atoms with E-state index in [1.807, 2.05) is 49.4 Å². The lowest BCUT2D eigenvalue weighted by Gasteiger charge is -2.30. The van der Waals surface area contributed by atoms with Crippen molar-refractivity contribution in [2.45, 2.75) is 18.3 Å². The first-order valence-corrected chi connectivity index (χ1v) is 9.24. The minimum Gasteiger partial charge on any atom is -0.379 e. The fourth-order valence-corrected chi connectivity index (χ4v) is 3.36. The topological polar surface area (TPSA) is 52.6 Å². The van der Waals surface area contributed by atoms with E-state index in [1.165, 1.54) is 6.26 Å². The van der Waals surface area contributed by atoms with Crippen molar-refractivity contribution in [2.75, 3.05) is 26.1 Å². The van der Waals surface area contributed by atoms with Crippen molar-refractivity contribution in [3.8, 4) is 0 Å². The molecule has 0 fully saturated rings. The number of sulfone groups is 1. The van der Waals surface area contributed by atoms with Crippen molar-refractivity contribution in [1.82, 2.24) is 0 Å². The van der Waals surface area contributed by atoms with Crippen LogP contribution in [-0.4, -0.2) is 39.4 Å². The third-order valence-corrected chi connectivity index (χ3v) is 5.31. The minimum atomic E-state index is -3.39. The van der Waals surface area contributed by atoms with Gasteiger partial charge in [-0.2, -0.15) is 0 Å². The summed E-state index contributed by atoms with van der Waals surface area (Å²) in [5, 5.41) is 0. The van der Waals surface area contributed by atoms with Gasteiger partial charge in [-0.25, -0.2) is 8.42 Å². The predicted octanol–water partition coefficient (Wildman–Crippen LogP) is 2.82. The zero-order valence-corrected chi connectivity index (χ0v) is 13.8. The van der Waals surface area contributed by atoms with Crippen molar-refractivity contribution in [2.24, 2.45) is 0 Å². The van der Waals surface area contributed by atoms with Gasteiger partial charge in [-0.05, 0) is 24.1 Å². The Kier molecular flexibility index (Phi) is 5.56. The Hall–Kier alpha value is -1.43. The van der Waals surface area contributed by atoms with Crippen LogP contribution in [-0.2, 0) is 19.3 Å². The molecule has 0 bridgehead atoms. The van der Waals surface area contributed by atoms with Gasteiger partial charge in [0, 0.05) is 19.3 Å². The molecule has 0 aromatic heterocycles. The molecule has 5 heteroatoms. The lowest BCUT2D eigenvalue weighted by atomic mass is 9.98. The van der Waals surface area contributed by atoms with Gasteiger partial charge in [-0.1, -0.05) is 42.5 Å². The van der Waals surface area contributed by atoms with E-state index in [0.717, 1.165) is 11.1 Å². The number of rotatable bonds is 7. The summed E-state index contributed by atoms with van der Waals surface area (Å²) in [7, 11) is -3.39. The van der Waals surface area contributed by atoms with Gasteiger partial charge in [0.15, 0.2) is 14.8 Å². The molecule has 0 saturated carbocycles. The standard InChI is InChI=1S/C17H22O4S/c1-3-20-13-14-21-17(22(2,18)19)11-9-16(10-12-17)15-7-5-4-6-8-15/h4-11H,3,12-14H2,1-2H3. The minimum absolute atomic E-state index is 0.250. The first-order valence-electron chi connectivity index (χ1n) is 7.34. The Morgan fingerprint density at radius 1 is 1.18 bits per heavy atom. The van der Waals surface area contributed by atoms with E-state index in [9.17, 15) is 8.42 Å². The molecule has 1 unspecified atom stereocenters. The van der Waals surface area contributed by atoms with Gasteiger partial charge in [-0.3, -0.25) is 0 Å². The number of ether oxygens (including phenoxy) is 2. The van der Waals surface area contributed by atoms with Crippen LogP contribution in [0.2, 0.25) is 0 Å². The van der Waals surface area contributed by atoms with Gasteiger partial charge < -0.3 is 9.47 Å². The van der Waals surface area contributed by atoms with Gasteiger partial charge in [-0.15, -0.1) is 0 Å². The average molecular weight is 322 g/mol. The summed E-state index contributed by atoms with van der Waals surface area (Å²) in [6.07, 6.45) is 6.90. The van der Waals surface area contributed by atoms with E-state index in [0.29, 0.717) is 19.6 Å². The molecule has 1 aliphatic rings. The summed E-state index contributed by atoms with van der Waals surface area (Å²) >= 11 is 0. The molecule has 1 aromatic carbocycles. The third-order valence-electron chi connectivity index (χ3n) is 3.64. The molecule has 120 valence electrons. The molecular weight excluding hydrogens is 300 g/mol. The third kappa shape index (κ3) is 3.85. The van der Waals surface area contributed by atoms with Crippen LogP contribution in [0, 0.1) is 0 Å². The van der Waals surface area contributed by atoms with Crippen molar-refractivity contribution in [1.29, 1.82) is 0 Å². The Morgan fingerprint density at radius 3 is 2.45 bits per heavy atom. The SMILES string of the molecule is CCOCCOC1(S(C)(=O)=O)C=CC(c2ccccc2)=CC1. The van der Waals surface area contributed by atoms with Crippen LogP contribution in [0.1, 0.15) is 18.9 Å². The van der Waals surface area contributed by atoms with Gasteiger partial charge in [0.1, 0.15) is 0 Å². The largest absolute Gasteiger partial charge is 0.379 e. The highest BCUT2D eigenvalue weighted by Crippen LogP contribution is 2.33. The Labute approximate surface area is 132 Å². The number of allylic oxidation sites excluding steroid dienone is 2. The average Bonchev–Trinajstić information content (AvgIpc) is 2.52. The molecular formula is C17H22O4S. The maximum Gasteiger partial charge on any atom is 0.190 e. The molecule has 1 aromatic rings. The van der Waals surface area contributed by atoms with Crippen LogP contribution in [0.3, 0.4) is 0 Å². The second-order valence-corrected chi connectivity index (χ2v) is 7.43. The quantitative estimate of drug-likeness (QED) is 0.724. The first-order chi connectivity index (χ1) is 10.5. The summed E-state index contributed by atoms with van der Waals surface area (Å²) < 4.78 is 35.2. The highest BCUT2D eigenvalue weighted by atomic mass is 32.2. The summed E-state index contributed by atoms with van der Waals surface area (Å²) in [6.45, 7) is 3.11. The molecule has 0 spiro atoms. The van der Waals surface area contributed by atoms with Crippen molar-refractivity contribution in [3.63, 3.8) is 0 Å². The molecule has 0 aliphatic heterocycles. The normalized spacial score (nSPS) is 21.6. The lowest BCUT2D eigenvalue weighted by molar-refractivity contribution is 0.00750. The molecule has 1 aliphatic carbocycles. The fourth-order valence-electron chi connectivity index (χ4n) is 2.36. The zero-order chi connectivity index (χ0) is 16.1. The van der Waals surface area contributed by atoms with E-state index < -0.39 is 14.8 Å². The summed E-state index contributed by atoms with van der Waals surface area (Å²) in [5.41, 5.74) is 2.07. The van der Waals surface area contributed by atoms with Crippen LogP contribution in [0.5, 0.6) is 0 Å². The molecule has 2 rings (SSSR count). The van der Waals surface area contributed by atoms with E-state index in [-0.39, 0.29) is 6.61 Å². The zero-order valence-electron chi connectivity index (χ0n) is 13.0. The second kappa shape index (κ2) is 7.22. The summed E-state index contributed by atoms with van der Waals surface area (Å²) in [4.78, 5) is -1.29. The van der Waals surface area contributed by atoms with E-state index in [4.69, 9.17) is 9.47 Å². The van der Waals surface area contributed by atoms with Gasteiger partial charge in [0.2, 0.25) is 0 Å². The Morgan fingerprint density at radius 2 is 1.91 bits per heavy atom. The van der Waals surface area contributed by atoms with Crippen molar-refractivity contribution < 1.29 is 17.9 Å². The van der Waals surface area contributed by atoms with Crippen LogP contribution in [0.4, 0.5) is 0 Å². The van der Waals surface area contributed by atoms with E-state index in [2.05, 4.69) is 0 Å². The number of benzene rings is 1. The molecule has 22 heavy (non-hydrogen) atoms. The van der Waals surface area contributed by atoms with E-state index in [1.54, 1.807) is 6.08 Å². The number of hydrogen-bond donors (Lipinski definition) is 0. The lowest BCUT2D eigenvalue weighted by Crippen LogP contribution is -2.40. The molecule has 1 atom stereocenters. The maximum atomic E-state index is 12.2. The molecule has 0 amide bonds. The van der Waals surface area contributed by atoms with Crippen LogP contribution >= 0.6 is 0 Å². The van der Waals surface area contributed by atoms with E-state index >= 15 is 0 Å². The maximum absolute atomic E-state index is 12.2. The number of hydrogen-bond acceptors (Lipinski definition) is 4. The Bertz CT molecular complexity index is 646. The van der Waals surface area contributed by atoms with Gasteiger partial charge >= 0.3 is 0 Å². The Balaban J connectivity index is 2.15. The van der Waals surface area contributed by atoms with Gasteiger partial charge in [0.05, 0.1) is 13.2 Å². The predicted molar refractivity (Wildman–Crippen MR) is 88.2 cm³/mol. The highest BCUT2D eigenvalue weighted by Gasteiger charge is 2.40. The van der Waals surface area contributed by atoms with Gasteiger partial charge in [0.25, 0.3) is 0 Å². The highest BCUT2D eigenvalue weighted by molar-refractivity contribution is 7.92. The van der Waals surface area contributed by atoms with Crippen molar-refractivity contribution >= 4 is 15.4 Å². The van der Waals surface area contributed by atoms with Crippen molar-refractivity contribution in [3.05, 3.63) is 54.1 Å². The molecule has 0 heterocycles. The van der Waals surface area contributed by atoms with Crippen LogP contribution in [0.15, 0.2) is 48.6 Å². The summed E-state index contributed by atoms with van der Waals surface area (Å²) in [5.74, 6) is 0. The smallest absolute Gasteiger partial charge is 0.190 e. The van der Waals surface area contributed by atoms with Crippen LogP contribution in [0.25, 0.3) is 5.57 Å². The monoisotopic (exact) mass is 322 g/mol.